The van der Waals surface area contributed by atoms with Gasteiger partial charge in [-0.05, 0) is 28.5 Å². The van der Waals surface area contributed by atoms with Crippen molar-refractivity contribution in [1.29, 1.82) is 0 Å². The zero-order valence-electron chi connectivity index (χ0n) is 15.2. The molecule has 3 aromatic carbocycles. The number of carbonyl (C=O) groups is 2. The van der Waals surface area contributed by atoms with E-state index in [1.54, 1.807) is 19.1 Å². The molecule has 0 spiro atoms. The van der Waals surface area contributed by atoms with Gasteiger partial charge in [0, 0.05) is 23.9 Å². The zero-order valence-corrected chi connectivity index (χ0v) is 15.9. The molecule has 138 valence electrons. The number of rotatable bonds is 5. The van der Waals surface area contributed by atoms with E-state index in [4.69, 9.17) is 16.3 Å². The number of benzene rings is 3. The topological polar surface area (TPSA) is 55.4 Å². The van der Waals surface area contributed by atoms with E-state index < -0.39 is 12.0 Å². The molecule has 0 heterocycles. The molecule has 0 saturated carbocycles. The van der Waals surface area contributed by atoms with Crippen LogP contribution in [0.4, 0.5) is 0 Å². The van der Waals surface area contributed by atoms with Crippen molar-refractivity contribution in [2.24, 2.45) is 0 Å². The first kappa shape index (κ1) is 18.9. The zero-order chi connectivity index (χ0) is 19.4. The molecule has 0 unspecified atom stereocenters. The van der Waals surface area contributed by atoms with E-state index in [1.807, 2.05) is 48.5 Å². The first-order chi connectivity index (χ1) is 13.0. The predicted octanol–water partition coefficient (Wildman–Crippen LogP) is 5.03. The van der Waals surface area contributed by atoms with E-state index in [0.717, 1.165) is 16.3 Å². The third-order valence-electron chi connectivity index (χ3n) is 4.32. The Bertz CT molecular complexity index is 1000. The second kappa shape index (κ2) is 8.23. The highest BCUT2D eigenvalue weighted by Gasteiger charge is 2.25. The lowest BCUT2D eigenvalue weighted by molar-refractivity contribution is -0.131. The first-order valence-corrected chi connectivity index (χ1v) is 9.13. The third-order valence-corrected chi connectivity index (χ3v) is 4.66. The van der Waals surface area contributed by atoms with Gasteiger partial charge >= 0.3 is 5.97 Å². The van der Waals surface area contributed by atoms with Crippen LogP contribution in [0.15, 0.2) is 60.7 Å². The number of esters is 1. The Kier molecular flexibility index (Phi) is 5.77. The predicted molar refractivity (Wildman–Crippen MR) is 107 cm³/mol. The van der Waals surface area contributed by atoms with Gasteiger partial charge in [0.2, 0.25) is 5.91 Å². The molecule has 3 rings (SSSR count). The minimum atomic E-state index is -0.549. The molecule has 0 aromatic heterocycles. The normalized spacial score (nSPS) is 11.8. The van der Waals surface area contributed by atoms with Gasteiger partial charge < -0.3 is 10.1 Å². The van der Waals surface area contributed by atoms with Gasteiger partial charge in [0.05, 0.1) is 6.04 Å². The highest BCUT2D eigenvalue weighted by Crippen LogP contribution is 2.38. The van der Waals surface area contributed by atoms with Gasteiger partial charge in [-0.1, -0.05) is 67.1 Å². The standard InChI is InChI=1S/C22H20ClNO3/c1-3-20(26)24-22(17-10-6-7-11-18(17)23)21-16-9-5-4-8-15(16)12-13-19(21)27-14(2)25/h4-13,22H,3H2,1-2H3,(H,24,26)/t22-/m0/s1. The molecule has 0 fully saturated rings. The number of carbonyl (C=O) groups excluding carboxylic acids is 2. The second-order valence-corrected chi connectivity index (χ2v) is 6.57. The molecule has 4 nitrogen and oxygen atoms in total. The van der Waals surface area contributed by atoms with Crippen molar-refractivity contribution in [3.8, 4) is 5.75 Å². The lowest BCUT2D eigenvalue weighted by Crippen LogP contribution is -2.29. The van der Waals surface area contributed by atoms with Crippen molar-refractivity contribution in [3.63, 3.8) is 0 Å². The van der Waals surface area contributed by atoms with Crippen LogP contribution in [0.5, 0.6) is 5.75 Å². The summed E-state index contributed by atoms with van der Waals surface area (Å²) in [5.74, 6) is -0.143. The van der Waals surface area contributed by atoms with Gasteiger partial charge in [-0.2, -0.15) is 0 Å². The number of nitrogens with one attached hydrogen (secondary N) is 1. The summed E-state index contributed by atoms with van der Waals surface area (Å²) in [6.07, 6.45) is 0.328. The first-order valence-electron chi connectivity index (χ1n) is 8.75. The van der Waals surface area contributed by atoms with Gasteiger partial charge in [0.25, 0.3) is 0 Å². The van der Waals surface area contributed by atoms with E-state index in [9.17, 15) is 9.59 Å². The average Bonchev–Trinajstić information content (AvgIpc) is 2.66. The van der Waals surface area contributed by atoms with Crippen molar-refractivity contribution in [2.75, 3.05) is 0 Å². The summed E-state index contributed by atoms with van der Waals surface area (Å²) >= 11 is 6.45. The van der Waals surface area contributed by atoms with Crippen LogP contribution in [0.1, 0.15) is 37.4 Å². The van der Waals surface area contributed by atoms with Crippen molar-refractivity contribution in [3.05, 3.63) is 76.8 Å². The van der Waals surface area contributed by atoms with Crippen LogP contribution >= 0.6 is 11.6 Å². The van der Waals surface area contributed by atoms with E-state index >= 15 is 0 Å². The van der Waals surface area contributed by atoms with Crippen molar-refractivity contribution in [1.82, 2.24) is 5.32 Å². The Labute approximate surface area is 163 Å². The van der Waals surface area contributed by atoms with Crippen LogP contribution in [0, 0.1) is 0 Å². The number of hydrogen-bond acceptors (Lipinski definition) is 3. The molecule has 0 bridgehead atoms. The van der Waals surface area contributed by atoms with Crippen LogP contribution in [0.25, 0.3) is 10.8 Å². The molecular weight excluding hydrogens is 362 g/mol. The van der Waals surface area contributed by atoms with E-state index in [-0.39, 0.29) is 5.91 Å². The maximum absolute atomic E-state index is 12.3. The number of fused-ring (bicyclic) bond motifs is 1. The Hall–Kier alpha value is -2.85. The molecule has 1 atom stereocenters. The van der Waals surface area contributed by atoms with Gasteiger partial charge in [-0.25, -0.2) is 0 Å². The van der Waals surface area contributed by atoms with E-state index in [1.165, 1.54) is 6.92 Å². The fourth-order valence-electron chi connectivity index (χ4n) is 3.09. The molecule has 0 saturated heterocycles. The van der Waals surface area contributed by atoms with Crippen LogP contribution < -0.4 is 10.1 Å². The monoisotopic (exact) mass is 381 g/mol. The molecular formula is C22H20ClNO3. The lowest BCUT2D eigenvalue weighted by Gasteiger charge is -2.24. The molecule has 1 N–H and O–H groups in total. The number of ether oxygens (including phenoxy) is 1. The summed E-state index contributed by atoms with van der Waals surface area (Å²) in [4.78, 5) is 24.0. The SMILES string of the molecule is CCC(=O)N[C@@H](c1ccccc1Cl)c1c(OC(C)=O)ccc2ccccc12. The van der Waals surface area contributed by atoms with Crippen LogP contribution in [-0.2, 0) is 9.59 Å². The van der Waals surface area contributed by atoms with E-state index in [2.05, 4.69) is 5.32 Å². The Morgan fingerprint density at radius 1 is 1.04 bits per heavy atom. The van der Waals surface area contributed by atoms with Crippen molar-refractivity contribution < 1.29 is 14.3 Å². The van der Waals surface area contributed by atoms with Crippen molar-refractivity contribution >= 4 is 34.2 Å². The number of halogens is 1. The summed E-state index contributed by atoms with van der Waals surface area (Å²) in [7, 11) is 0. The van der Waals surface area contributed by atoms with Gasteiger partial charge in [-0.3, -0.25) is 9.59 Å². The van der Waals surface area contributed by atoms with Gasteiger partial charge in [0.15, 0.2) is 0 Å². The number of amides is 1. The van der Waals surface area contributed by atoms with Crippen LogP contribution in [0.3, 0.4) is 0 Å². The molecule has 3 aromatic rings. The molecule has 0 aliphatic rings. The maximum atomic E-state index is 12.3. The fraction of sp³-hybridized carbons (Fsp3) is 0.182. The van der Waals surface area contributed by atoms with Gasteiger partial charge in [0.1, 0.15) is 5.75 Å². The highest BCUT2D eigenvalue weighted by atomic mass is 35.5. The smallest absolute Gasteiger partial charge is 0.308 e. The molecule has 0 aliphatic heterocycles. The summed E-state index contributed by atoms with van der Waals surface area (Å²) in [6, 6.07) is 18.2. The summed E-state index contributed by atoms with van der Waals surface area (Å²) in [5, 5.41) is 5.42. The lowest BCUT2D eigenvalue weighted by atomic mass is 9.92. The molecule has 5 heteroatoms. The second-order valence-electron chi connectivity index (χ2n) is 6.17. The fourth-order valence-corrected chi connectivity index (χ4v) is 3.34. The molecule has 27 heavy (non-hydrogen) atoms. The van der Waals surface area contributed by atoms with Gasteiger partial charge in [-0.15, -0.1) is 0 Å². The minimum Gasteiger partial charge on any atom is -0.426 e. The summed E-state index contributed by atoms with van der Waals surface area (Å²) < 4.78 is 5.48. The maximum Gasteiger partial charge on any atom is 0.308 e. The average molecular weight is 382 g/mol. The molecule has 0 aliphatic carbocycles. The van der Waals surface area contributed by atoms with E-state index in [0.29, 0.717) is 22.8 Å². The third kappa shape index (κ3) is 4.12. The molecule has 0 radical (unpaired) electrons. The van der Waals surface area contributed by atoms with Crippen LogP contribution in [0.2, 0.25) is 5.02 Å². The Morgan fingerprint density at radius 2 is 1.74 bits per heavy atom. The largest absolute Gasteiger partial charge is 0.426 e. The minimum absolute atomic E-state index is 0.123. The quantitative estimate of drug-likeness (QED) is 0.498. The number of hydrogen-bond donors (Lipinski definition) is 1. The summed E-state index contributed by atoms with van der Waals surface area (Å²) in [6.45, 7) is 3.14. The van der Waals surface area contributed by atoms with Crippen molar-refractivity contribution in [2.45, 2.75) is 26.3 Å². The summed E-state index contributed by atoms with van der Waals surface area (Å²) in [5.41, 5.74) is 1.45. The Morgan fingerprint density at radius 3 is 2.44 bits per heavy atom. The Balaban J connectivity index is 2.29. The van der Waals surface area contributed by atoms with Crippen LogP contribution in [-0.4, -0.2) is 11.9 Å². The molecule has 1 amide bonds. The highest BCUT2D eigenvalue weighted by molar-refractivity contribution is 6.31.